The molecule has 0 bridgehead atoms. The van der Waals surface area contributed by atoms with Crippen molar-refractivity contribution in [2.75, 3.05) is 38.2 Å². The fraction of sp³-hybridized carbons (Fsp3) is 0.269. The van der Waals surface area contributed by atoms with Gasteiger partial charge in [-0.1, -0.05) is 35.9 Å². The number of amides is 1. The first kappa shape index (κ1) is 22.0. The molecule has 0 radical (unpaired) electrons. The fourth-order valence-electron chi connectivity index (χ4n) is 3.92. The third kappa shape index (κ3) is 5.00. The smallest absolute Gasteiger partial charge is 0.253 e. The van der Waals surface area contributed by atoms with E-state index in [9.17, 15) is 4.79 Å². The lowest BCUT2D eigenvalue weighted by molar-refractivity contribution is 0.0746. The lowest BCUT2D eigenvalue weighted by Gasteiger charge is -2.36. The predicted molar refractivity (Wildman–Crippen MR) is 128 cm³/mol. The SMILES string of the molecule is COc1ccc(C(=O)N2CCN(c3cccc(Cl)c3)CC2)cc1COc1ccccc1C. The molecule has 32 heavy (non-hydrogen) atoms. The Labute approximate surface area is 194 Å². The number of carbonyl (C=O) groups is 1. The van der Waals surface area contributed by atoms with Crippen molar-refractivity contribution < 1.29 is 14.3 Å². The number of ether oxygens (including phenoxy) is 2. The van der Waals surface area contributed by atoms with E-state index in [-0.39, 0.29) is 5.91 Å². The second-order valence-corrected chi connectivity index (χ2v) is 8.28. The van der Waals surface area contributed by atoms with Crippen LogP contribution in [0.2, 0.25) is 5.02 Å². The number of nitrogens with zero attached hydrogens (tertiary/aromatic N) is 2. The van der Waals surface area contributed by atoms with Gasteiger partial charge in [0.1, 0.15) is 18.1 Å². The van der Waals surface area contributed by atoms with Crippen LogP contribution in [0.3, 0.4) is 0 Å². The minimum absolute atomic E-state index is 0.0236. The van der Waals surface area contributed by atoms with Gasteiger partial charge in [0, 0.05) is 48.0 Å². The number of benzene rings is 3. The van der Waals surface area contributed by atoms with E-state index >= 15 is 0 Å². The number of halogens is 1. The summed E-state index contributed by atoms with van der Waals surface area (Å²) in [5.74, 6) is 1.56. The quantitative estimate of drug-likeness (QED) is 0.517. The van der Waals surface area contributed by atoms with Crippen LogP contribution in [-0.2, 0) is 6.61 Å². The van der Waals surface area contributed by atoms with E-state index in [4.69, 9.17) is 21.1 Å². The van der Waals surface area contributed by atoms with Crippen molar-refractivity contribution in [2.24, 2.45) is 0 Å². The minimum Gasteiger partial charge on any atom is -0.496 e. The molecule has 1 aliphatic rings. The summed E-state index contributed by atoms with van der Waals surface area (Å²) in [7, 11) is 1.63. The second-order valence-electron chi connectivity index (χ2n) is 7.84. The van der Waals surface area contributed by atoms with E-state index < -0.39 is 0 Å². The molecule has 3 aromatic rings. The second kappa shape index (κ2) is 9.96. The zero-order chi connectivity index (χ0) is 22.5. The van der Waals surface area contributed by atoms with Crippen molar-refractivity contribution in [3.63, 3.8) is 0 Å². The highest BCUT2D eigenvalue weighted by atomic mass is 35.5. The summed E-state index contributed by atoms with van der Waals surface area (Å²) in [6.07, 6.45) is 0. The summed E-state index contributed by atoms with van der Waals surface area (Å²) in [5.41, 5.74) is 3.64. The van der Waals surface area contributed by atoms with Crippen LogP contribution in [0.1, 0.15) is 21.5 Å². The molecule has 0 unspecified atom stereocenters. The molecule has 0 N–H and O–H groups in total. The van der Waals surface area contributed by atoms with E-state index in [0.717, 1.165) is 40.7 Å². The first-order valence-corrected chi connectivity index (χ1v) is 11.1. The van der Waals surface area contributed by atoms with Gasteiger partial charge < -0.3 is 19.3 Å². The molecule has 1 aliphatic heterocycles. The summed E-state index contributed by atoms with van der Waals surface area (Å²) in [6.45, 7) is 5.20. The summed E-state index contributed by atoms with van der Waals surface area (Å²) < 4.78 is 11.5. The first-order valence-electron chi connectivity index (χ1n) is 10.7. The molecule has 0 aliphatic carbocycles. The lowest BCUT2D eigenvalue weighted by atomic mass is 10.1. The molecule has 1 amide bonds. The third-order valence-electron chi connectivity index (χ3n) is 5.74. The zero-order valence-electron chi connectivity index (χ0n) is 18.4. The Morgan fingerprint density at radius 1 is 0.938 bits per heavy atom. The van der Waals surface area contributed by atoms with Crippen LogP contribution in [-0.4, -0.2) is 44.1 Å². The Morgan fingerprint density at radius 2 is 1.72 bits per heavy atom. The molecule has 0 aromatic heterocycles. The van der Waals surface area contributed by atoms with Crippen molar-refractivity contribution in [3.05, 3.63) is 88.4 Å². The molecule has 4 rings (SSSR count). The standard InChI is InChI=1S/C26H27ClN2O3/c1-19-6-3-4-9-24(19)32-18-21-16-20(10-11-25(21)31-2)26(30)29-14-12-28(13-15-29)23-8-5-7-22(27)17-23/h3-11,16-17H,12-15,18H2,1-2H3. The van der Waals surface area contributed by atoms with Gasteiger partial charge in [-0.3, -0.25) is 4.79 Å². The topological polar surface area (TPSA) is 42.0 Å². The Balaban J connectivity index is 1.43. The summed E-state index contributed by atoms with van der Waals surface area (Å²) in [5, 5.41) is 0.722. The van der Waals surface area contributed by atoms with Gasteiger partial charge in [0.15, 0.2) is 0 Å². The number of anilines is 1. The van der Waals surface area contributed by atoms with Crippen LogP contribution in [0, 0.1) is 6.92 Å². The molecule has 1 heterocycles. The number of rotatable bonds is 6. The summed E-state index contributed by atoms with van der Waals surface area (Å²) in [4.78, 5) is 17.3. The number of hydrogen-bond donors (Lipinski definition) is 0. The maximum atomic E-state index is 13.2. The van der Waals surface area contributed by atoms with Crippen LogP contribution >= 0.6 is 11.6 Å². The van der Waals surface area contributed by atoms with E-state index in [1.165, 1.54) is 0 Å². The Kier molecular flexibility index (Phi) is 6.86. The average molecular weight is 451 g/mol. The van der Waals surface area contributed by atoms with Crippen molar-refractivity contribution in [1.29, 1.82) is 0 Å². The van der Waals surface area contributed by atoms with Gasteiger partial charge in [0.2, 0.25) is 0 Å². The van der Waals surface area contributed by atoms with Crippen LogP contribution in [0.25, 0.3) is 0 Å². The van der Waals surface area contributed by atoms with Crippen LogP contribution < -0.4 is 14.4 Å². The molecule has 1 saturated heterocycles. The van der Waals surface area contributed by atoms with Crippen LogP contribution in [0.5, 0.6) is 11.5 Å². The molecule has 1 fully saturated rings. The number of piperazine rings is 1. The zero-order valence-corrected chi connectivity index (χ0v) is 19.1. The summed E-state index contributed by atoms with van der Waals surface area (Å²) in [6, 6.07) is 21.2. The molecule has 0 spiro atoms. The molecule has 3 aromatic carbocycles. The van der Waals surface area contributed by atoms with Gasteiger partial charge in [-0.15, -0.1) is 0 Å². The molecule has 0 saturated carbocycles. The fourth-order valence-corrected chi connectivity index (χ4v) is 4.11. The van der Waals surface area contributed by atoms with E-state index in [1.54, 1.807) is 7.11 Å². The highest BCUT2D eigenvalue weighted by Crippen LogP contribution is 2.25. The van der Waals surface area contributed by atoms with Crippen LogP contribution in [0.4, 0.5) is 5.69 Å². The highest BCUT2D eigenvalue weighted by molar-refractivity contribution is 6.30. The molecule has 6 heteroatoms. The molecule has 166 valence electrons. The van der Waals surface area contributed by atoms with Crippen LogP contribution in [0.15, 0.2) is 66.7 Å². The number of aryl methyl sites for hydroxylation is 1. The van der Waals surface area contributed by atoms with Crippen molar-refractivity contribution >= 4 is 23.2 Å². The van der Waals surface area contributed by atoms with Gasteiger partial charge in [0.05, 0.1) is 7.11 Å². The maximum absolute atomic E-state index is 13.2. The predicted octanol–water partition coefficient (Wildman–Crippen LogP) is 5.20. The van der Waals surface area contributed by atoms with Gasteiger partial charge >= 0.3 is 0 Å². The number of para-hydroxylation sites is 1. The Hall–Kier alpha value is -3.18. The first-order chi connectivity index (χ1) is 15.5. The van der Waals surface area contributed by atoms with Gasteiger partial charge in [0.25, 0.3) is 5.91 Å². The number of methoxy groups -OCH3 is 1. The van der Waals surface area contributed by atoms with Crippen molar-refractivity contribution in [3.8, 4) is 11.5 Å². The molecular formula is C26H27ClN2O3. The average Bonchev–Trinajstić information content (AvgIpc) is 2.83. The Bertz CT molecular complexity index is 1090. The van der Waals surface area contributed by atoms with Gasteiger partial charge in [-0.05, 0) is 55.0 Å². The van der Waals surface area contributed by atoms with E-state index in [2.05, 4.69) is 4.90 Å². The number of carbonyl (C=O) groups excluding carboxylic acids is 1. The van der Waals surface area contributed by atoms with Crippen molar-refractivity contribution in [2.45, 2.75) is 13.5 Å². The van der Waals surface area contributed by atoms with E-state index in [0.29, 0.717) is 31.0 Å². The number of hydrogen-bond acceptors (Lipinski definition) is 4. The molecular weight excluding hydrogens is 424 g/mol. The van der Waals surface area contributed by atoms with E-state index in [1.807, 2.05) is 78.6 Å². The minimum atomic E-state index is 0.0236. The Morgan fingerprint density at radius 3 is 2.44 bits per heavy atom. The summed E-state index contributed by atoms with van der Waals surface area (Å²) >= 11 is 6.12. The highest BCUT2D eigenvalue weighted by Gasteiger charge is 2.23. The van der Waals surface area contributed by atoms with Crippen molar-refractivity contribution in [1.82, 2.24) is 4.90 Å². The lowest BCUT2D eigenvalue weighted by Crippen LogP contribution is -2.48. The van der Waals surface area contributed by atoms with Gasteiger partial charge in [-0.2, -0.15) is 0 Å². The van der Waals surface area contributed by atoms with Gasteiger partial charge in [-0.25, -0.2) is 0 Å². The molecule has 0 atom stereocenters. The largest absolute Gasteiger partial charge is 0.496 e. The molecule has 5 nitrogen and oxygen atoms in total. The third-order valence-corrected chi connectivity index (χ3v) is 5.98. The normalized spacial score (nSPS) is 13.7. The maximum Gasteiger partial charge on any atom is 0.253 e. The monoisotopic (exact) mass is 450 g/mol.